The first kappa shape index (κ1) is 23.1. The fourth-order valence-electron chi connectivity index (χ4n) is 2.67. The molecule has 4 nitrogen and oxygen atoms in total. The molecule has 0 bridgehead atoms. The minimum absolute atomic E-state index is 0.0465. The Balaban J connectivity index is 2.19. The van der Waals surface area contributed by atoms with E-state index in [9.17, 15) is 5.11 Å². The van der Waals surface area contributed by atoms with Crippen LogP contribution in [0.4, 0.5) is 0 Å². The molecule has 0 fully saturated rings. The average molecular weight is 448 g/mol. The minimum Gasteiger partial charge on any atom is -0.491 e. The molecule has 0 spiro atoms. The zero-order chi connectivity index (χ0) is 20.7. The van der Waals surface area contributed by atoms with Gasteiger partial charge < -0.3 is 19.7 Å². The molecule has 0 aromatic heterocycles. The number of aliphatic hydroxyl groups is 2. The predicted molar refractivity (Wildman–Crippen MR) is 114 cm³/mol. The molecule has 2 aromatic rings. The number of hydrogen-bond acceptors (Lipinski definition) is 4. The smallest absolute Gasteiger partial charge is 0.156 e. The largest absolute Gasteiger partial charge is 0.491 e. The Hall–Kier alpha value is -1.17. The lowest BCUT2D eigenvalue weighted by atomic mass is 9.78. The maximum absolute atomic E-state index is 9.49. The van der Waals surface area contributed by atoms with Crippen molar-refractivity contribution in [1.82, 2.24) is 0 Å². The second-order valence-electron chi connectivity index (χ2n) is 6.96. The second-order valence-corrected chi connectivity index (χ2v) is 8.09. The number of aliphatic hydroxyl groups excluding tert-OH is 2. The summed E-state index contributed by atoms with van der Waals surface area (Å²) < 4.78 is 11.1. The molecule has 2 rings (SSSR count). The second kappa shape index (κ2) is 10.6. The molecule has 0 saturated carbocycles. The molecule has 1 atom stereocenters. The molecule has 0 aliphatic rings. The van der Waals surface area contributed by atoms with Crippen LogP contribution in [0.3, 0.4) is 0 Å². The third-order valence-corrected chi connectivity index (χ3v) is 5.38. The summed E-state index contributed by atoms with van der Waals surface area (Å²) in [5.41, 5.74) is 1.65. The standard InChI is InChI=1S/C21H25Cl3O4/c1-21(2,14-4-6-17(7-5-14)28-13-16(26)12-22)15-10-18(23)20(19(24)11-15)27-9-3-8-25/h4-7,10-11,16,25-26H,3,8-9,12-13H2,1-2H3. The SMILES string of the molecule is CC(C)(c1ccc(OCC(O)CCl)cc1)c1cc(Cl)c(OCCCO)c(Cl)c1. The summed E-state index contributed by atoms with van der Waals surface area (Å²) in [6.07, 6.45) is -0.184. The topological polar surface area (TPSA) is 58.9 Å². The minimum atomic E-state index is -0.694. The highest BCUT2D eigenvalue weighted by molar-refractivity contribution is 6.37. The van der Waals surface area contributed by atoms with Crippen LogP contribution in [0, 0.1) is 0 Å². The van der Waals surface area contributed by atoms with Crippen LogP contribution >= 0.6 is 34.8 Å². The van der Waals surface area contributed by atoms with Crippen LogP contribution in [0.1, 0.15) is 31.4 Å². The summed E-state index contributed by atoms with van der Waals surface area (Å²) in [5.74, 6) is 1.22. The lowest BCUT2D eigenvalue weighted by Gasteiger charge is -2.27. The van der Waals surface area contributed by atoms with Gasteiger partial charge in [0.05, 0.1) is 22.5 Å². The number of benzene rings is 2. The fraction of sp³-hybridized carbons (Fsp3) is 0.429. The Morgan fingerprint density at radius 2 is 1.61 bits per heavy atom. The van der Waals surface area contributed by atoms with E-state index < -0.39 is 6.10 Å². The van der Waals surface area contributed by atoms with E-state index >= 15 is 0 Å². The molecule has 0 aliphatic carbocycles. The van der Waals surface area contributed by atoms with Gasteiger partial charge in [-0.25, -0.2) is 0 Å². The van der Waals surface area contributed by atoms with Gasteiger partial charge in [-0.3, -0.25) is 0 Å². The first-order valence-corrected chi connectivity index (χ1v) is 10.3. The number of ether oxygens (including phenoxy) is 2. The van der Waals surface area contributed by atoms with Gasteiger partial charge in [0.1, 0.15) is 18.5 Å². The van der Waals surface area contributed by atoms with Crippen molar-refractivity contribution in [3.05, 3.63) is 57.6 Å². The highest BCUT2D eigenvalue weighted by Crippen LogP contribution is 2.40. The van der Waals surface area contributed by atoms with Crippen molar-refractivity contribution in [1.29, 1.82) is 0 Å². The van der Waals surface area contributed by atoms with E-state index in [1.165, 1.54) is 0 Å². The van der Waals surface area contributed by atoms with Crippen molar-refractivity contribution in [3.63, 3.8) is 0 Å². The van der Waals surface area contributed by atoms with E-state index in [0.29, 0.717) is 34.6 Å². The zero-order valence-corrected chi connectivity index (χ0v) is 18.2. The van der Waals surface area contributed by atoms with Crippen LogP contribution in [0.15, 0.2) is 36.4 Å². The third kappa shape index (κ3) is 5.91. The van der Waals surface area contributed by atoms with Crippen LogP contribution in [0.25, 0.3) is 0 Å². The number of halogens is 3. The van der Waals surface area contributed by atoms with Crippen molar-refractivity contribution in [2.24, 2.45) is 0 Å². The highest BCUT2D eigenvalue weighted by Gasteiger charge is 2.25. The Bertz CT molecular complexity index is 740. The zero-order valence-electron chi connectivity index (χ0n) is 15.9. The van der Waals surface area contributed by atoms with Crippen LogP contribution in [-0.2, 0) is 5.41 Å². The molecule has 0 aliphatic heterocycles. The van der Waals surface area contributed by atoms with Crippen molar-refractivity contribution >= 4 is 34.8 Å². The number of hydrogen-bond donors (Lipinski definition) is 2. The summed E-state index contributed by atoms with van der Waals surface area (Å²) in [6.45, 7) is 4.70. The molecule has 0 saturated heterocycles. The van der Waals surface area contributed by atoms with Gasteiger partial charge in [-0.05, 0) is 35.4 Å². The predicted octanol–water partition coefficient (Wildman–Crippen LogP) is 5.06. The Kier molecular flexibility index (Phi) is 8.72. The molecule has 7 heteroatoms. The van der Waals surface area contributed by atoms with Crippen molar-refractivity contribution in [2.75, 3.05) is 25.7 Å². The molecule has 0 amide bonds. The van der Waals surface area contributed by atoms with Gasteiger partial charge in [-0.1, -0.05) is 49.2 Å². The molecule has 2 aromatic carbocycles. The Labute approximate surface area is 180 Å². The summed E-state index contributed by atoms with van der Waals surface area (Å²) in [5, 5.41) is 19.2. The molecule has 154 valence electrons. The quantitative estimate of drug-likeness (QED) is 0.395. The van der Waals surface area contributed by atoms with Crippen molar-refractivity contribution in [3.8, 4) is 11.5 Å². The van der Waals surface area contributed by atoms with Gasteiger partial charge in [-0.2, -0.15) is 0 Å². The molecule has 2 N–H and O–H groups in total. The van der Waals surface area contributed by atoms with E-state index in [2.05, 4.69) is 13.8 Å². The average Bonchev–Trinajstić information content (AvgIpc) is 2.68. The van der Waals surface area contributed by atoms with E-state index in [-0.39, 0.29) is 24.5 Å². The van der Waals surface area contributed by atoms with Crippen molar-refractivity contribution < 1.29 is 19.7 Å². The molecule has 0 heterocycles. The summed E-state index contributed by atoms with van der Waals surface area (Å²) in [7, 11) is 0. The summed E-state index contributed by atoms with van der Waals surface area (Å²) >= 11 is 18.4. The molecular formula is C21H25Cl3O4. The van der Waals surface area contributed by atoms with Gasteiger partial charge in [0.25, 0.3) is 0 Å². The lowest BCUT2D eigenvalue weighted by Crippen LogP contribution is -2.20. The van der Waals surface area contributed by atoms with Crippen LogP contribution < -0.4 is 9.47 Å². The summed E-state index contributed by atoms with van der Waals surface area (Å²) in [6, 6.07) is 11.3. The summed E-state index contributed by atoms with van der Waals surface area (Å²) in [4.78, 5) is 0. The van der Waals surface area contributed by atoms with E-state index in [4.69, 9.17) is 49.4 Å². The van der Waals surface area contributed by atoms with E-state index in [1.807, 2.05) is 36.4 Å². The van der Waals surface area contributed by atoms with Gasteiger partial charge >= 0.3 is 0 Å². The van der Waals surface area contributed by atoms with Crippen molar-refractivity contribution in [2.45, 2.75) is 31.8 Å². The van der Waals surface area contributed by atoms with E-state index in [1.54, 1.807) is 0 Å². The van der Waals surface area contributed by atoms with Gasteiger partial charge in [0, 0.05) is 18.4 Å². The van der Waals surface area contributed by atoms with E-state index in [0.717, 1.165) is 11.1 Å². The first-order chi connectivity index (χ1) is 13.3. The third-order valence-electron chi connectivity index (χ3n) is 4.47. The number of alkyl halides is 1. The van der Waals surface area contributed by atoms with Crippen LogP contribution in [0.2, 0.25) is 10.0 Å². The maximum Gasteiger partial charge on any atom is 0.156 e. The Morgan fingerprint density at radius 3 is 2.14 bits per heavy atom. The fourth-order valence-corrected chi connectivity index (χ4v) is 3.35. The molecular weight excluding hydrogens is 423 g/mol. The molecule has 1 unspecified atom stereocenters. The van der Waals surface area contributed by atoms with Crippen LogP contribution in [-0.4, -0.2) is 42.0 Å². The van der Waals surface area contributed by atoms with Gasteiger partial charge in [-0.15, -0.1) is 11.6 Å². The van der Waals surface area contributed by atoms with Gasteiger partial charge in [0.15, 0.2) is 5.75 Å². The maximum atomic E-state index is 9.49. The Morgan fingerprint density at radius 1 is 1.00 bits per heavy atom. The van der Waals surface area contributed by atoms with Crippen LogP contribution in [0.5, 0.6) is 11.5 Å². The monoisotopic (exact) mass is 446 g/mol. The normalized spacial score (nSPS) is 12.7. The lowest BCUT2D eigenvalue weighted by molar-refractivity contribution is 0.125. The molecule has 28 heavy (non-hydrogen) atoms. The first-order valence-electron chi connectivity index (χ1n) is 9.00. The number of rotatable bonds is 10. The highest BCUT2D eigenvalue weighted by atomic mass is 35.5. The van der Waals surface area contributed by atoms with Gasteiger partial charge in [0.2, 0.25) is 0 Å². The molecule has 0 radical (unpaired) electrons.